The van der Waals surface area contributed by atoms with Gasteiger partial charge in [0.1, 0.15) is 0 Å². The summed E-state index contributed by atoms with van der Waals surface area (Å²) in [4.78, 5) is 14.1. The van der Waals surface area contributed by atoms with Crippen LogP contribution in [0.5, 0.6) is 0 Å². The Bertz CT molecular complexity index is 315. The highest BCUT2D eigenvalue weighted by Crippen LogP contribution is 2.17. The third kappa shape index (κ3) is 4.21. The minimum Gasteiger partial charge on any atom is -0.341 e. The summed E-state index contributed by atoms with van der Waals surface area (Å²) in [6.07, 6.45) is 7.70. The molecule has 0 aliphatic rings. The first-order chi connectivity index (χ1) is 8.19. The molecular weight excluding hydrogens is 214 g/mol. The van der Waals surface area contributed by atoms with E-state index in [1.165, 1.54) is 0 Å². The number of hydrogen-bond acceptors (Lipinski definition) is 2. The van der Waals surface area contributed by atoms with Crippen molar-refractivity contribution in [1.29, 1.82) is 0 Å². The zero-order valence-electron chi connectivity index (χ0n) is 11.1. The normalized spacial score (nSPS) is 10.8. The number of nitrogens with one attached hydrogen (secondary N) is 1. The highest BCUT2D eigenvalue weighted by atomic mass is 16.2. The quantitative estimate of drug-likeness (QED) is 0.792. The number of aromatic amines is 1. The zero-order chi connectivity index (χ0) is 12.7. The fourth-order valence-electron chi connectivity index (χ4n) is 2.12. The number of H-pyrrole nitrogens is 1. The summed E-state index contributed by atoms with van der Waals surface area (Å²) >= 11 is 0. The van der Waals surface area contributed by atoms with Crippen molar-refractivity contribution < 1.29 is 4.79 Å². The molecule has 1 heterocycles. The van der Waals surface area contributed by atoms with Crippen LogP contribution >= 0.6 is 0 Å². The van der Waals surface area contributed by atoms with E-state index >= 15 is 0 Å². The fourth-order valence-corrected chi connectivity index (χ4v) is 2.12. The van der Waals surface area contributed by atoms with Crippen molar-refractivity contribution in [2.45, 2.75) is 46.1 Å². The smallest absolute Gasteiger partial charge is 0.225 e. The summed E-state index contributed by atoms with van der Waals surface area (Å²) in [7, 11) is 1.87. The van der Waals surface area contributed by atoms with Crippen molar-refractivity contribution in [3.05, 3.63) is 18.0 Å². The first-order valence-electron chi connectivity index (χ1n) is 6.41. The SMILES string of the molecule is CCCC(CCC)C(=O)N(C)Cc1cn[nH]c1. The Kier molecular flexibility index (Phi) is 5.73. The van der Waals surface area contributed by atoms with Gasteiger partial charge in [-0.15, -0.1) is 0 Å². The van der Waals surface area contributed by atoms with Gasteiger partial charge in [0.05, 0.1) is 6.20 Å². The number of nitrogens with zero attached hydrogens (tertiary/aromatic N) is 2. The van der Waals surface area contributed by atoms with Crippen LogP contribution in [-0.2, 0) is 11.3 Å². The maximum Gasteiger partial charge on any atom is 0.225 e. The molecule has 0 saturated heterocycles. The van der Waals surface area contributed by atoms with Gasteiger partial charge in [0.25, 0.3) is 0 Å². The lowest BCUT2D eigenvalue weighted by atomic mass is 9.97. The molecule has 0 spiro atoms. The molecule has 0 fully saturated rings. The van der Waals surface area contributed by atoms with Crippen molar-refractivity contribution in [3.63, 3.8) is 0 Å². The van der Waals surface area contributed by atoms with E-state index in [0.29, 0.717) is 6.54 Å². The second-order valence-corrected chi connectivity index (χ2v) is 4.58. The second-order valence-electron chi connectivity index (χ2n) is 4.58. The first kappa shape index (κ1) is 13.7. The topological polar surface area (TPSA) is 49.0 Å². The summed E-state index contributed by atoms with van der Waals surface area (Å²) in [5, 5.41) is 6.65. The van der Waals surface area contributed by atoms with Gasteiger partial charge in [0.15, 0.2) is 0 Å². The fraction of sp³-hybridized carbons (Fsp3) is 0.692. The van der Waals surface area contributed by atoms with E-state index in [2.05, 4.69) is 24.0 Å². The number of rotatable bonds is 7. The number of carbonyl (C=O) groups is 1. The lowest BCUT2D eigenvalue weighted by molar-refractivity contribution is -0.135. The zero-order valence-corrected chi connectivity index (χ0v) is 11.1. The number of carbonyl (C=O) groups excluding carboxylic acids is 1. The summed E-state index contributed by atoms with van der Waals surface area (Å²) in [5.74, 6) is 0.441. The molecular formula is C13H23N3O. The van der Waals surface area contributed by atoms with Gasteiger partial charge in [-0.2, -0.15) is 5.10 Å². The van der Waals surface area contributed by atoms with Crippen LogP contribution in [0.3, 0.4) is 0 Å². The van der Waals surface area contributed by atoms with Crippen LogP contribution in [-0.4, -0.2) is 28.1 Å². The molecule has 0 bridgehead atoms. The Morgan fingerprint density at radius 3 is 2.53 bits per heavy atom. The molecule has 0 aliphatic heterocycles. The van der Waals surface area contributed by atoms with Gasteiger partial charge in [0.2, 0.25) is 5.91 Å². The molecule has 1 amide bonds. The van der Waals surface area contributed by atoms with E-state index in [1.807, 2.05) is 13.2 Å². The molecule has 1 aromatic heterocycles. The highest BCUT2D eigenvalue weighted by Gasteiger charge is 2.20. The monoisotopic (exact) mass is 237 g/mol. The van der Waals surface area contributed by atoms with Crippen molar-refractivity contribution in [2.75, 3.05) is 7.05 Å². The van der Waals surface area contributed by atoms with E-state index in [4.69, 9.17) is 0 Å². The van der Waals surface area contributed by atoms with Gasteiger partial charge in [-0.3, -0.25) is 9.89 Å². The van der Waals surface area contributed by atoms with Gasteiger partial charge in [0, 0.05) is 31.3 Å². The van der Waals surface area contributed by atoms with Crippen LogP contribution in [0.2, 0.25) is 0 Å². The number of hydrogen-bond donors (Lipinski definition) is 1. The Hall–Kier alpha value is -1.32. The Labute approximate surface area is 103 Å². The molecule has 1 rings (SSSR count). The molecule has 0 radical (unpaired) electrons. The minimum atomic E-state index is 0.182. The molecule has 1 N–H and O–H groups in total. The Balaban J connectivity index is 2.53. The molecule has 17 heavy (non-hydrogen) atoms. The minimum absolute atomic E-state index is 0.182. The maximum absolute atomic E-state index is 12.2. The van der Waals surface area contributed by atoms with E-state index in [9.17, 15) is 4.79 Å². The van der Waals surface area contributed by atoms with Crippen LogP contribution in [0, 0.1) is 5.92 Å². The number of amides is 1. The standard InChI is InChI=1S/C13H23N3O/c1-4-6-12(7-5-2)13(17)16(3)10-11-8-14-15-9-11/h8-9,12H,4-7,10H2,1-3H3,(H,14,15). The van der Waals surface area contributed by atoms with Gasteiger partial charge in [-0.25, -0.2) is 0 Å². The molecule has 0 aromatic carbocycles. The van der Waals surface area contributed by atoms with Crippen molar-refractivity contribution in [3.8, 4) is 0 Å². The molecule has 96 valence electrons. The van der Waals surface area contributed by atoms with E-state index in [-0.39, 0.29) is 11.8 Å². The van der Waals surface area contributed by atoms with Gasteiger partial charge >= 0.3 is 0 Å². The Morgan fingerprint density at radius 1 is 1.41 bits per heavy atom. The van der Waals surface area contributed by atoms with Crippen molar-refractivity contribution in [2.24, 2.45) is 5.92 Å². The van der Waals surface area contributed by atoms with Crippen molar-refractivity contribution in [1.82, 2.24) is 15.1 Å². The van der Waals surface area contributed by atoms with Crippen molar-refractivity contribution >= 4 is 5.91 Å². The predicted molar refractivity (Wildman–Crippen MR) is 68.4 cm³/mol. The molecule has 0 unspecified atom stereocenters. The maximum atomic E-state index is 12.2. The van der Waals surface area contributed by atoms with E-state index < -0.39 is 0 Å². The molecule has 4 heteroatoms. The van der Waals surface area contributed by atoms with Crippen LogP contribution in [0.25, 0.3) is 0 Å². The summed E-state index contributed by atoms with van der Waals surface area (Å²) < 4.78 is 0. The van der Waals surface area contributed by atoms with Gasteiger partial charge in [-0.05, 0) is 12.8 Å². The molecule has 1 aromatic rings. The molecule has 4 nitrogen and oxygen atoms in total. The van der Waals surface area contributed by atoms with E-state index in [1.54, 1.807) is 11.1 Å². The van der Waals surface area contributed by atoms with Gasteiger partial charge < -0.3 is 4.90 Å². The lowest BCUT2D eigenvalue weighted by Crippen LogP contribution is -2.32. The third-order valence-electron chi connectivity index (χ3n) is 2.97. The van der Waals surface area contributed by atoms with Gasteiger partial charge in [-0.1, -0.05) is 26.7 Å². The Morgan fingerprint density at radius 2 is 2.06 bits per heavy atom. The highest BCUT2D eigenvalue weighted by molar-refractivity contribution is 5.78. The third-order valence-corrected chi connectivity index (χ3v) is 2.97. The average molecular weight is 237 g/mol. The molecule has 0 saturated carbocycles. The average Bonchev–Trinajstić information content (AvgIpc) is 2.80. The summed E-state index contributed by atoms with van der Waals surface area (Å²) in [5.41, 5.74) is 1.05. The number of aromatic nitrogens is 2. The predicted octanol–water partition coefficient (Wildman–Crippen LogP) is 2.58. The first-order valence-corrected chi connectivity index (χ1v) is 6.41. The van der Waals surface area contributed by atoms with Crippen LogP contribution < -0.4 is 0 Å². The van der Waals surface area contributed by atoms with Crippen LogP contribution in [0.4, 0.5) is 0 Å². The van der Waals surface area contributed by atoms with Crippen LogP contribution in [0.15, 0.2) is 12.4 Å². The lowest BCUT2D eigenvalue weighted by Gasteiger charge is -2.22. The molecule has 0 aliphatic carbocycles. The largest absolute Gasteiger partial charge is 0.341 e. The van der Waals surface area contributed by atoms with Crippen LogP contribution in [0.1, 0.15) is 45.1 Å². The van der Waals surface area contributed by atoms with E-state index in [0.717, 1.165) is 31.2 Å². The summed E-state index contributed by atoms with van der Waals surface area (Å²) in [6.45, 7) is 4.90. The second kappa shape index (κ2) is 7.09. The molecule has 0 atom stereocenters. The summed E-state index contributed by atoms with van der Waals surface area (Å²) in [6, 6.07) is 0.